The zero-order valence-electron chi connectivity index (χ0n) is 19.4. The monoisotopic (exact) mass is 488 g/mol. The van der Waals surface area contributed by atoms with Crippen LogP contribution in [0, 0.1) is 0 Å². The lowest BCUT2D eigenvalue weighted by molar-refractivity contribution is 0.149. The number of hydrogen-bond acceptors (Lipinski definition) is 8. The Kier molecular flexibility index (Phi) is 5.54. The van der Waals surface area contributed by atoms with Crippen LogP contribution in [0.2, 0.25) is 0 Å². The molecule has 4 heterocycles. The van der Waals surface area contributed by atoms with Crippen LogP contribution in [0.4, 0.5) is 21.6 Å². The van der Waals surface area contributed by atoms with Gasteiger partial charge in [0.05, 0.1) is 33.5 Å². The van der Waals surface area contributed by atoms with Gasteiger partial charge in [-0.25, -0.2) is 19.3 Å². The Morgan fingerprint density at radius 3 is 2.83 bits per heavy atom. The summed E-state index contributed by atoms with van der Waals surface area (Å²) in [5, 5.41) is 12.1. The first-order chi connectivity index (χ1) is 17.0. The first kappa shape index (κ1) is 21.9. The second-order valence-electron chi connectivity index (χ2n) is 9.02. The van der Waals surface area contributed by atoms with Gasteiger partial charge in [0.1, 0.15) is 18.3 Å². The van der Waals surface area contributed by atoms with Crippen molar-refractivity contribution in [1.29, 1.82) is 0 Å². The van der Waals surface area contributed by atoms with Crippen LogP contribution in [0.15, 0.2) is 54.6 Å². The third-order valence-corrected chi connectivity index (χ3v) is 7.26. The van der Waals surface area contributed by atoms with Crippen LogP contribution in [0.5, 0.6) is 0 Å². The fourth-order valence-electron chi connectivity index (χ4n) is 4.61. The van der Waals surface area contributed by atoms with E-state index in [-0.39, 0.29) is 6.04 Å². The third kappa shape index (κ3) is 4.30. The van der Waals surface area contributed by atoms with Crippen molar-refractivity contribution in [2.24, 2.45) is 7.05 Å². The number of aryl methyl sites for hydroxylation is 1. The molecule has 1 saturated heterocycles. The summed E-state index contributed by atoms with van der Waals surface area (Å²) in [7, 11) is 3.84. The maximum Gasteiger partial charge on any atom is 0.141 e. The van der Waals surface area contributed by atoms with Gasteiger partial charge in [0.2, 0.25) is 0 Å². The highest BCUT2D eigenvalue weighted by Crippen LogP contribution is 2.36. The minimum Gasteiger partial charge on any atom is -0.379 e. The number of anilines is 3. The van der Waals surface area contributed by atoms with Crippen molar-refractivity contribution in [2.75, 3.05) is 30.8 Å². The van der Waals surface area contributed by atoms with Gasteiger partial charge in [-0.1, -0.05) is 0 Å². The molecular weight excluding hydrogens is 463 g/mol. The summed E-state index contributed by atoms with van der Waals surface area (Å²) in [6.45, 7) is 1.27. The summed E-state index contributed by atoms with van der Waals surface area (Å²) in [4.78, 5) is 15.4. The Morgan fingerprint density at radius 1 is 1.09 bits per heavy atom. The van der Waals surface area contributed by atoms with Crippen LogP contribution in [0.3, 0.4) is 0 Å². The molecular formula is C25H25FN8S. The quantitative estimate of drug-likeness (QED) is 0.366. The summed E-state index contributed by atoms with van der Waals surface area (Å²) in [5.74, 6) is 0.694. The predicted molar refractivity (Wildman–Crippen MR) is 139 cm³/mol. The molecule has 0 saturated carbocycles. The number of benzene rings is 2. The highest BCUT2D eigenvalue weighted by Gasteiger charge is 2.28. The molecule has 2 aromatic carbocycles. The molecule has 1 aliphatic rings. The predicted octanol–water partition coefficient (Wildman–Crippen LogP) is 4.84. The molecule has 0 aliphatic carbocycles. The van der Waals surface area contributed by atoms with Gasteiger partial charge >= 0.3 is 0 Å². The van der Waals surface area contributed by atoms with Crippen molar-refractivity contribution in [1.82, 2.24) is 29.6 Å². The van der Waals surface area contributed by atoms with Crippen LogP contribution in [0.1, 0.15) is 6.42 Å². The minimum atomic E-state index is -0.957. The van der Waals surface area contributed by atoms with Gasteiger partial charge in [-0.15, -0.1) is 11.3 Å². The van der Waals surface area contributed by atoms with Crippen LogP contribution in [0.25, 0.3) is 32.2 Å². The van der Waals surface area contributed by atoms with E-state index in [4.69, 9.17) is 0 Å². The van der Waals surface area contributed by atoms with Crippen molar-refractivity contribution < 1.29 is 4.39 Å². The first-order valence-electron chi connectivity index (χ1n) is 11.5. The lowest BCUT2D eigenvalue weighted by Gasteiger charge is -2.33. The van der Waals surface area contributed by atoms with E-state index in [2.05, 4.69) is 36.8 Å². The smallest absolute Gasteiger partial charge is 0.141 e. The molecule has 8 nitrogen and oxygen atoms in total. The van der Waals surface area contributed by atoms with E-state index in [1.165, 1.54) is 0 Å². The summed E-state index contributed by atoms with van der Waals surface area (Å²) >= 11 is 1.60. The molecule has 0 amide bonds. The van der Waals surface area contributed by atoms with Crippen LogP contribution < -0.4 is 10.6 Å². The molecule has 0 bridgehead atoms. The van der Waals surface area contributed by atoms with E-state index in [1.807, 2.05) is 61.2 Å². The van der Waals surface area contributed by atoms with Crippen molar-refractivity contribution >= 4 is 49.6 Å². The number of nitrogens with one attached hydrogen (secondary N) is 2. The topological polar surface area (TPSA) is 83.8 Å². The number of piperidine rings is 1. The summed E-state index contributed by atoms with van der Waals surface area (Å²) in [6.07, 6.45) is 5.11. The Bertz CT molecular complexity index is 1510. The van der Waals surface area contributed by atoms with Crippen LogP contribution in [-0.2, 0) is 7.05 Å². The summed E-state index contributed by atoms with van der Waals surface area (Å²) in [6, 6.07) is 9.83. The number of halogens is 1. The number of hydrogen-bond donors (Lipinski definition) is 2. The van der Waals surface area contributed by atoms with E-state index < -0.39 is 6.17 Å². The van der Waals surface area contributed by atoms with Crippen molar-refractivity contribution in [3.63, 3.8) is 0 Å². The van der Waals surface area contributed by atoms with Gasteiger partial charge in [0, 0.05) is 54.2 Å². The normalized spacial score (nSPS) is 18.8. The molecule has 1 fully saturated rings. The first-order valence-corrected chi connectivity index (χ1v) is 12.4. The summed E-state index contributed by atoms with van der Waals surface area (Å²) < 4.78 is 17.8. The van der Waals surface area contributed by atoms with E-state index in [0.717, 1.165) is 56.6 Å². The van der Waals surface area contributed by atoms with Gasteiger partial charge in [-0.05, 0) is 43.8 Å². The van der Waals surface area contributed by atoms with E-state index in [9.17, 15) is 4.39 Å². The van der Waals surface area contributed by atoms with E-state index >= 15 is 0 Å². The number of nitrogens with zero attached hydrogens (tertiary/aromatic N) is 6. The zero-order valence-corrected chi connectivity index (χ0v) is 20.3. The average Bonchev–Trinajstić information content (AvgIpc) is 3.49. The van der Waals surface area contributed by atoms with Crippen molar-refractivity contribution in [2.45, 2.75) is 18.6 Å². The van der Waals surface area contributed by atoms with E-state index in [1.54, 1.807) is 22.3 Å². The number of aromatic nitrogens is 5. The minimum absolute atomic E-state index is 0.270. The van der Waals surface area contributed by atoms with Gasteiger partial charge < -0.3 is 15.5 Å². The highest BCUT2D eigenvalue weighted by molar-refractivity contribution is 7.16. The highest BCUT2D eigenvalue weighted by atomic mass is 32.1. The number of fused-ring (bicyclic) bond motifs is 2. The number of likely N-dealkylation sites (tertiary alicyclic amines) is 1. The lowest BCUT2D eigenvalue weighted by Crippen LogP contribution is -2.46. The number of alkyl halides is 1. The molecule has 6 rings (SSSR count). The van der Waals surface area contributed by atoms with Crippen LogP contribution >= 0.6 is 11.3 Å². The average molecular weight is 489 g/mol. The van der Waals surface area contributed by atoms with Gasteiger partial charge in [-0.2, -0.15) is 5.10 Å². The van der Waals surface area contributed by atoms with Crippen LogP contribution in [-0.4, -0.2) is 62.0 Å². The molecule has 3 aromatic heterocycles. The Labute approximate surface area is 205 Å². The van der Waals surface area contributed by atoms with Crippen molar-refractivity contribution in [3.8, 4) is 11.1 Å². The van der Waals surface area contributed by atoms with Gasteiger partial charge in [0.25, 0.3) is 0 Å². The third-order valence-electron chi connectivity index (χ3n) is 6.47. The Balaban J connectivity index is 1.42. The van der Waals surface area contributed by atoms with Gasteiger partial charge in [-0.3, -0.25) is 4.68 Å². The van der Waals surface area contributed by atoms with Gasteiger partial charge in [0.15, 0.2) is 0 Å². The molecule has 1 aliphatic heterocycles. The maximum absolute atomic E-state index is 14.9. The second kappa shape index (κ2) is 8.86. The Morgan fingerprint density at radius 2 is 2.00 bits per heavy atom. The standard InChI is InChI=1S/C25H25FN8S/c1-33-6-5-20(19(26)12-33)32-23-9-18-22(8-17(23)15-10-30-34(2)11-15)27-13-28-25(18)31-16-3-4-21-24(7-16)35-14-29-21/h3-4,7-11,13-14,19-20,32H,5-6,12H2,1-2H3,(H,27,28,31)/t19-,20-/m1/s1. The van der Waals surface area contributed by atoms with Crippen molar-refractivity contribution in [3.05, 3.63) is 54.6 Å². The molecule has 0 radical (unpaired) electrons. The fraction of sp³-hybridized carbons (Fsp3) is 0.280. The molecule has 10 heteroatoms. The molecule has 2 N–H and O–H groups in total. The lowest BCUT2D eigenvalue weighted by atomic mass is 9.99. The molecule has 5 aromatic rings. The molecule has 178 valence electrons. The fourth-order valence-corrected chi connectivity index (χ4v) is 5.33. The molecule has 2 atom stereocenters. The molecule has 35 heavy (non-hydrogen) atoms. The number of rotatable bonds is 5. The second-order valence-corrected chi connectivity index (χ2v) is 9.90. The SMILES string of the molecule is CN1CC[C@@H](Nc2cc3c(Nc4ccc5ncsc5c4)ncnc3cc2-c2cnn(C)c2)[C@H](F)C1. The van der Waals surface area contributed by atoms with E-state index in [0.29, 0.717) is 12.4 Å². The molecule has 0 spiro atoms. The Hall–Kier alpha value is -3.63. The number of thiazole rings is 1. The largest absolute Gasteiger partial charge is 0.379 e. The summed E-state index contributed by atoms with van der Waals surface area (Å²) in [5.41, 5.74) is 7.26. The zero-order chi connectivity index (χ0) is 23.9. The maximum atomic E-state index is 14.9. The molecule has 0 unspecified atom stereocenters.